The Labute approximate surface area is 128 Å². The van der Waals surface area contributed by atoms with Crippen LogP contribution in [0, 0.1) is 0 Å². The van der Waals surface area contributed by atoms with Crippen LogP contribution in [0.5, 0.6) is 0 Å². The van der Waals surface area contributed by atoms with Gasteiger partial charge in [0.25, 0.3) is 15.0 Å². The van der Waals surface area contributed by atoms with Crippen molar-refractivity contribution in [2.75, 3.05) is 13.2 Å². The number of rotatable bonds is 7. The molecule has 0 aliphatic heterocycles. The first-order chi connectivity index (χ1) is 9.68. The molecule has 0 radical (unpaired) electrons. The van der Waals surface area contributed by atoms with Gasteiger partial charge in [0.05, 0.1) is 12.3 Å². The Bertz CT molecular complexity index is 598. The Balaban J connectivity index is 3.06. The third kappa shape index (κ3) is 4.69. The lowest BCUT2D eigenvalue weighted by Gasteiger charge is -2.13. The highest BCUT2D eigenvalue weighted by Gasteiger charge is 2.30. The number of hydrogen-bond acceptors (Lipinski definition) is 5. The first-order valence-electron chi connectivity index (χ1n) is 6.60. The highest BCUT2D eigenvalue weighted by molar-refractivity contribution is 8.13. The molecule has 0 fully saturated rings. The summed E-state index contributed by atoms with van der Waals surface area (Å²) < 4.78 is 28.6. The zero-order chi connectivity index (χ0) is 16.2. The SMILES string of the molecule is CCOCC(C)NC(=O)c1n[nH]c(C(C)C)c1S(=O)(=O)Cl. The number of halogens is 1. The number of amides is 1. The van der Waals surface area contributed by atoms with Crippen LogP contribution in [0.3, 0.4) is 0 Å². The van der Waals surface area contributed by atoms with Gasteiger partial charge in [-0.3, -0.25) is 9.89 Å². The lowest BCUT2D eigenvalue weighted by Crippen LogP contribution is -2.36. The second-order valence-electron chi connectivity index (χ2n) is 4.94. The van der Waals surface area contributed by atoms with Gasteiger partial charge >= 0.3 is 0 Å². The van der Waals surface area contributed by atoms with Crippen molar-refractivity contribution in [1.82, 2.24) is 15.5 Å². The lowest BCUT2D eigenvalue weighted by molar-refractivity contribution is 0.0864. The Morgan fingerprint density at radius 1 is 1.43 bits per heavy atom. The van der Waals surface area contributed by atoms with E-state index >= 15 is 0 Å². The van der Waals surface area contributed by atoms with Crippen LogP contribution in [0.1, 0.15) is 49.8 Å². The predicted octanol–water partition coefficient (Wildman–Crippen LogP) is 1.62. The molecule has 0 saturated carbocycles. The van der Waals surface area contributed by atoms with Crippen molar-refractivity contribution in [3.8, 4) is 0 Å². The van der Waals surface area contributed by atoms with E-state index in [1.165, 1.54) is 0 Å². The maximum Gasteiger partial charge on any atom is 0.273 e. The molecule has 1 heterocycles. The highest BCUT2D eigenvalue weighted by atomic mass is 35.7. The Morgan fingerprint density at radius 3 is 2.52 bits per heavy atom. The van der Waals surface area contributed by atoms with Crippen molar-refractivity contribution in [2.45, 2.75) is 44.6 Å². The fraction of sp³-hybridized carbons (Fsp3) is 0.667. The van der Waals surface area contributed by atoms with Crippen LogP contribution in [0.25, 0.3) is 0 Å². The number of carbonyl (C=O) groups excluding carboxylic acids is 1. The Hall–Kier alpha value is -1.12. The monoisotopic (exact) mass is 337 g/mol. The number of H-pyrrole nitrogens is 1. The molecular formula is C12H20ClN3O4S. The number of aromatic nitrogens is 2. The molecule has 0 bridgehead atoms. The van der Waals surface area contributed by atoms with Crippen molar-refractivity contribution < 1.29 is 17.9 Å². The summed E-state index contributed by atoms with van der Waals surface area (Å²) in [5.41, 5.74) is 0.0876. The zero-order valence-electron chi connectivity index (χ0n) is 12.4. The van der Waals surface area contributed by atoms with Crippen LogP contribution >= 0.6 is 10.7 Å². The van der Waals surface area contributed by atoms with Gasteiger partial charge in [-0.05, 0) is 19.8 Å². The van der Waals surface area contributed by atoms with E-state index in [9.17, 15) is 13.2 Å². The molecule has 0 saturated heterocycles. The van der Waals surface area contributed by atoms with Gasteiger partial charge in [0.1, 0.15) is 4.90 Å². The summed E-state index contributed by atoms with van der Waals surface area (Å²) in [5, 5.41) is 8.99. The minimum absolute atomic E-state index is 0.163. The van der Waals surface area contributed by atoms with Gasteiger partial charge in [0, 0.05) is 23.3 Å². The van der Waals surface area contributed by atoms with Crippen molar-refractivity contribution in [1.29, 1.82) is 0 Å². The molecule has 1 unspecified atom stereocenters. The minimum atomic E-state index is -4.08. The second kappa shape index (κ2) is 7.24. The van der Waals surface area contributed by atoms with Gasteiger partial charge < -0.3 is 10.1 Å². The topological polar surface area (TPSA) is 101 Å². The number of nitrogens with zero attached hydrogens (tertiary/aromatic N) is 1. The Kier molecular flexibility index (Phi) is 6.18. The third-order valence-corrected chi connectivity index (χ3v) is 4.10. The van der Waals surface area contributed by atoms with Gasteiger partial charge in [-0.15, -0.1) is 0 Å². The van der Waals surface area contributed by atoms with Crippen LogP contribution < -0.4 is 5.32 Å². The van der Waals surface area contributed by atoms with Gasteiger partial charge in [-0.2, -0.15) is 5.10 Å². The smallest absolute Gasteiger partial charge is 0.273 e. The molecule has 9 heteroatoms. The summed E-state index contributed by atoms with van der Waals surface area (Å²) in [6.45, 7) is 8.00. The zero-order valence-corrected chi connectivity index (χ0v) is 14.0. The van der Waals surface area contributed by atoms with Crippen LogP contribution in [0.15, 0.2) is 4.90 Å². The Morgan fingerprint density at radius 2 is 2.05 bits per heavy atom. The molecule has 7 nitrogen and oxygen atoms in total. The van der Waals surface area contributed by atoms with Gasteiger partial charge in [0.15, 0.2) is 5.69 Å². The summed E-state index contributed by atoms with van der Waals surface area (Å²) in [5.74, 6) is -0.770. The number of carbonyl (C=O) groups is 1. The molecule has 21 heavy (non-hydrogen) atoms. The van der Waals surface area contributed by atoms with E-state index in [1.807, 2.05) is 6.92 Å². The van der Waals surface area contributed by atoms with E-state index in [4.69, 9.17) is 15.4 Å². The maximum absolute atomic E-state index is 12.1. The minimum Gasteiger partial charge on any atom is -0.380 e. The molecular weight excluding hydrogens is 318 g/mol. The number of nitrogens with one attached hydrogen (secondary N) is 2. The van der Waals surface area contributed by atoms with E-state index in [0.717, 1.165) is 0 Å². The lowest BCUT2D eigenvalue weighted by atomic mass is 10.1. The standard InChI is InChI=1S/C12H20ClN3O4S/c1-5-20-6-8(4)14-12(17)10-11(21(13,18)19)9(7(2)3)15-16-10/h7-8H,5-6H2,1-4H3,(H,14,17)(H,15,16). The average Bonchev–Trinajstić information content (AvgIpc) is 2.81. The largest absolute Gasteiger partial charge is 0.380 e. The second-order valence-corrected chi connectivity index (χ2v) is 7.44. The highest BCUT2D eigenvalue weighted by Crippen LogP contribution is 2.27. The third-order valence-electron chi connectivity index (χ3n) is 2.73. The summed E-state index contributed by atoms with van der Waals surface area (Å²) in [7, 11) is 1.35. The van der Waals surface area contributed by atoms with Crippen LogP contribution in [0.2, 0.25) is 0 Å². The van der Waals surface area contributed by atoms with E-state index in [1.54, 1.807) is 20.8 Å². The number of ether oxygens (including phenoxy) is 1. The van der Waals surface area contributed by atoms with E-state index in [2.05, 4.69) is 15.5 Å². The molecule has 1 aromatic heterocycles. The summed E-state index contributed by atoms with van der Waals surface area (Å²) >= 11 is 0. The summed E-state index contributed by atoms with van der Waals surface area (Å²) in [6.07, 6.45) is 0. The summed E-state index contributed by atoms with van der Waals surface area (Å²) in [6, 6.07) is -0.275. The van der Waals surface area contributed by atoms with Gasteiger partial charge in [-0.1, -0.05) is 13.8 Å². The molecule has 0 aromatic carbocycles. The van der Waals surface area contributed by atoms with E-state index in [0.29, 0.717) is 18.9 Å². The molecule has 1 rings (SSSR count). The van der Waals surface area contributed by atoms with E-state index in [-0.39, 0.29) is 22.5 Å². The molecule has 0 aliphatic carbocycles. The molecule has 120 valence electrons. The number of aromatic amines is 1. The predicted molar refractivity (Wildman–Crippen MR) is 79.1 cm³/mol. The maximum atomic E-state index is 12.1. The summed E-state index contributed by atoms with van der Waals surface area (Å²) in [4.78, 5) is 11.9. The quantitative estimate of drug-likeness (QED) is 0.736. The fourth-order valence-electron chi connectivity index (χ4n) is 1.77. The van der Waals surface area contributed by atoms with Crippen molar-refractivity contribution in [3.63, 3.8) is 0 Å². The number of hydrogen-bond donors (Lipinski definition) is 2. The van der Waals surface area contributed by atoms with Crippen LogP contribution in [-0.4, -0.2) is 43.8 Å². The molecule has 1 amide bonds. The van der Waals surface area contributed by atoms with Crippen LogP contribution in [0.4, 0.5) is 0 Å². The first-order valence-corrected chi connectivity index (χ1v) is 8.90. The average molecular weight is 338 g/mol. The first kappa shape index (κ1) is 17.9. The molecule has 1 aromatic rings. The van der Waals surface area contributed by atoms with Crippen molar-refractivity contribution >= 4 is 25.6 Å². The molecule has 1 atom stereocenters. The van der Waals surface area contributed by atoms with Crippen molar-refractivity contribution in [2.24, 2.45) is 0 Å². The fourth-order valence-corrected chi connectivity index (χ4v) is 3.15. The van der Waals surface area contributed by atoms with Gasteiger partial charge in [-0.25, -0.2) is 8.42 Å². The molecule has 2 N–H and O–H groups in total. The normalized spacial score (nSPS) is 13.4. The molecule has 0 aliphatic rings. The van der Waals surface area contributed by atoms with Crippen LogP contribution in [-0.2, 0) is 13.8 Å². The van der Waals surface area contributed by atoms with Gasteiger partial charge in [0.2, 0.25) is 0 Å². The van der Waals surface area contributed by atoms with E-state index < -0.39 is 15.0 Å². The van der Waals surface area contributed by atoms with Crippen molar-refractivity contribution in [3.05, 3.63) is 11.4 Å². The molecule has 0 spiro atoms.